The van der Waals surface area contributed by atoms with E-state index >= 15 is 0 Å². The van der Waals surface area contributed by atoms with Gasteiger partial charge in [0.15, 0.2) is 5.17 Å². The molecule has 0 aliphatic rings. The highest BCUT2D eigenvalue weighted by Gasteiger charge is 2.14. The summed E-state index contributed by atoms with van der Waals surface area (Å²) in [6, 6.07) is 0. The minimum absolute atomic E-state index is 0.183. The van der Waals surface area contributed by atoms with Crippen LogP contribution in [0.3, 0.4) is 0 Å². The summed E-state index contributed by atoms with van der Waals surface area (Å²) in [6.07, 6.45) is 0.826. The minimum atomic E-state index is -0.390. The predicted molar refractivity (Wildman–Crippen MR) is 49.5 cm³/mol. The lowest BCUT2D eigenvalue weighted by Crippen LogP contribution is -2.20. The number of methoxy groups -OCH3 is 1. The lowest BCUT2D eigenvalue weighted by Gasteiger charge is -2.06. The third-order valence-electron chi connectivity index (χ3n) is 1.02. The molecule has 0 amide bonds. The molecule has 12 heavy (non-hydrogen) atoms. The number of nitrogens with zero attached hydrogens (tertiary/aromatic N) is 1. The van der Waals surface area contributed by atoms with Gasteiger partial charge in [-0.25, -0.2) is 4.99 Å². The molecule has 0 radical (unpaired) electrons. The maximum Gasteiger partial charge on any atom is 0.318 e. The van der Waals surface area contributed by atoms with Crippen molar-refractivity contribution in [3.63, 3.8) is 0 Å². The number of carbonyl (C=O) groups excluding carboxylic acids is 1. The van der Waals surface area contributed by atoms with Crippen LogP contribution in [0.25, 0.3) is 0 Å². The van der Waals surface area contributed by atoms with E-state index in [1.54, 1.807) is 6.92 Å². The molecule has 0 rings (SSSR count). The van der Waals surface area contributed by atoms with Crippen molar-refractivity contribution in [1.29, 1.82) is 5.41 Å². The molecule has 0 saturated carbocycles. The number of hydrogen-bond donors (Lipinski definition) is 2. The smallest absolute Gasteiger partial charge is 0.318 e. The lowest BCUT2D eigenvalue weighted by molar-refractivity contribution is -0.139. The summed E-state index contributed by atoms with van der Waals surface area (Å²) in [5, 5.41) is 6.40. The highest BCUT2D eigenvalue weighted by molar-refractivity contribution is 8.14. The maximum atomic E-state index is 10.8. The number of aliphatic imine (C=N–C) groups is 1. The third-order valence-corrected chi connectivity index (χ3v) is 1.92. The van der Waals surface area contributed by atoms with Gasteiger partial charge in [0.1, 0.15) is 11.6 Å². The summed E-state index contributed by atoms with van der Waals surface area (Å²) in [4.78, 5) is 14.3. The zero-order valence-electron chi connectivity index (χ0n) is 6.90. The van der Waals surface area contributed by atoms with Gasteiger partial charge in [-0.2, -0.15) is 0 Å². The number of thioether (sulfide) groups is 1. The Kier molecular flexibility index (Phi) is 5.11. The number of amidine groups is 1. The fraction of sp³-hybridized carbons (Fsp3) is 0.500. The van der Waals surface area contributed by atoms with Crippen molar-refractivity contribution in [2.75, 3.05) is 7.11 Å². The normalized spacial score (nSPS) is 13.7. The summed E-state index contributed by atoms with van der Waals surface area (Å²) in [6.45, 7) is 1.66. The van der Waals surface area contributed by atoms with Gasteiger partial charge in [0, 0.05) is 0 Å². The Balaban J connectivity index is 3.99. The van der Waals surface area contributed by atoms with Crippen molar-refractivity contribution in [3.8, 4) is 0 Å². The monoisotopic (exact) mass is 189 g/mol. The van der Waals surface area contributed by atoms with Crippen molar-refractivity contribution < 1.29 is 9.53 Å². The number of ether oxygens (including phenoxy) is 1. The van der Waals surface area contributed by atoms with E-state index in [4.69, 9.17) is 11.1 Å². The Bertz CT molecular complexity index is 205. The van der Waals surface area contributed by atoms with Crippen molar-refractivity contribution in [1.82, 2.24) is 0 Å². The van der Waals surface area contributed by atoms with E-state index in [1.807, 2.05) is 0 Å². The molecular weight excluding hydrogens is 178 g/mol. The second-order valence-corrected chi connectivity index (χ2v) is 3.24. The Morgan fingerprint density at radius 1 is 1.83 bits per heavy atom. The first-order valence-electron chi connectivity index (χ1n) is 3.18. The second kappa shape index (κ2) is 5.59. The van der Waals surface area contributed by atoms with Crippen LogP contribution in [-0.4, -0.2) is 29.8 Å². The Morgan fingerprint density at radius 3 is 2.83 bits per heavy atom. The molecule has 68 valence electrons. The van der Waals surface area contributed by atoms with Crippen molar-refractivity contribution in [2.24, 2.45) is 10.7 Å². The van der Waals surface area contributed by atoms with Crippen molar-refractivity contribution >= 4 is 29.2 Å². The van der Waals surface area contributed by atoms with Crippen LogP contribution in [0, 0.1) is 5.41 Å². The first-order chi connectivity index (χ1) is 5.61. The van der Waals surface area contributed by atoms with Gasteiger partial charge in [-0.15, -0.1) is 0 Å². The maximum absolute atomic E-state index is 10.8. The molecule has 3 N–H and O–H groups in total. The number of nitrogens with one attached hydrogen (secondary N) is 1. The van der Waals surface area contributed by atoms with Crippen LogP contribution < -0.4 is 5.73 Å². The molecule has 6 heteroatoms. The third kappa shape index (κ3) is 3.97. The summed E-state index contributed by atoms with van der Waals surface area (Å²) >= 11 is 1.06. The molecule has 0 aromatic carbocycles. The van der Waals surface area contributed by atoms with Gasteiger partial charge >= 0.3 is 5.97 Å². The standard InChI is InChI=1S/C6H11N3O2S/c1-4(5(10)11-2)12-6(8)9-3-7/h3-4H,1-2H3,(H3,7,8,9). The molecule has 0 aliphatic carbocycles. The molecule has 1 unspecified atom stereocenters. The molecule has 1 atom stereocenters. The SMILES string of the molecule is COC(=O)C(C)SC(N)=NC=N. The molecule has 0 aliphatic heterocycles. The fourth-order valence-electron chi connectivity index (χ4n) is 0.489. The van der Waals surface area contributed by atoms with Crippen molar-refractivity contribution in [2.45, 2.75) is 12.2 Å². The fourth-order valence-corrected chi connectivity index (χ4v) is 1.16. The van der Waals surface area contributed by atoms with E-state index in [2.05, 4.69) is 9.73 Å². The quantitative estimate of drug-likeness (QED) is 0.377. The molecule has 0 heterocycles. The lowest BCUT2D eigenvalue weighted by atomic mass is 10.5. The van der Waals surface area contributed by atoms with Gasteiger partial charge in [-0.3, -0.25) is 10.2 Å². The van der Waals surface area contributed by atoms with E-state index in [0.29, 0.717) is 0 Å². The van der Waals surface area contributed by atoms with Gasteiger partial charge in [-0.05, 0) is 6.92 Å². The Hall–Kier alpha value is -1.04. The first-order valence-corrected chi connectivity index (χ1v) is 4.06. The van der Waals surface area contributed by atoms with Gasteiger partial charge in [0.05, 0.1) is 7.11 Å². The highest BCUT2D eigenvalue weighted by atomic mass is 32.2. The van der Waals surface area contributed by atoms with E-state index in [-0.39, 0.29) is 11.1 Å². The topological polar surface area (TPSA) is 88.5 Å². The molecule has 0 fully saturated rings. The average molecular weight is 189 g/mol. The Labute approximate surface area is 74.9 Å². The molecule has 0 aromatic heterocycles. The van der Waals surface area contributed by atoms with Crippen LogP contribution in [0.4, 0.5) is 0 Å². The number of carbonyl (C=O) groups is 1. The Morgan fingerprint density at radius 2 is 2.42 bits per heavy atom. The summed E-state index contributed by atoms with van der Waals surface area (Å²) in [5.74, 6) is -0.358. The summed E-state index contributed by atoms with van der Waals surface area (Å²) < 4.78 is 4.46. The first kappa shape index (κ1) is 11.0. The molecule has 0 bridgehead atoms. The molecule has 5 nitrogen and oxygen atoms in total. The van der Waals surface area contributed by atoms with Gasteiger partial charge in [-0.1, -0.05) is 11.8 Å². The van der Waals surface area contributed by atoms with Gasteiger partial charge < -0.3 is 10.5 Å². The molecule has 0 aromatic rings. The van der Waals surface area contributed by atoms with E-state index < -0.39 is 5.25 Å². The number of nitrogens with two attached hydrogens (primary N) is 1. The van der Waals surface area contributed by atoms with Crippen molar-refractivity contribution in [3.05, 3.63) is 0 Å². The zero-order valence-corrected chi connectivity index (χ0v) is 7.72. The average Bonchev–Trinajstić information content (AvgIpc) is 2.03. The van der Waals surface area contributed by atoms with Crippen LogP contribution in [0.5, 0.6) is 0 Å². The molecule has 0 saturated heterocycles. The van der Waals surface area contributed by atoms with Crippen LogP contribution in [0.15, 0.2) is 4.99 Å². The van der Waals surface area contributed by atoms with Crippen LogP contribution in [0.2, 0.25) is 0 Å². The van der Waals surface area contributed by atoms with Gasteiger partial charge in [0.2, 0.25) is 0 Å². The van der Waals surface area contributed by atoms with Crippen LogP contribution >= 0.6 is 11.8 Å². The van der Waals surface area contributed by atoms with Crippen LogP contribution in [-0.2, 0) is 9.53 Å². The minimum Gasteiger partial charge on any atom is -0.468 e. The number of esters is 1. The van der Waals surface area contributed by atoms with Crippen LogP contribution in [0.1, 0.15) is 6.92 Å². The largest absolute Gasteiger partial charge is 0.468 e. The van der Waals surface area contributed by atoms with E-state index in [9.17, 15) is 4.79 Å². The number of hydrogen-bond acceptors (Lipinski definition) is 4. The molecular formula is C6H11N3O2S. The van der Waals surface area contributed by atoms with E-state index in [1.165, 1.54) is 7.11 Å². The number of rotatable bonds is 3. The second-order valence-electron chi connectivity index (χ2n) is 1.88. The highest BCUT2D eigenvalue weighted by Crippen LogP contribution is 2.10. The predicted octanol–water partition coefficient (Wildman–Crippen LogP) is 0.203. The zero-order chi connectivity index (χ0) is 9.56. The summed E-state index contributed by atoms with van der Waals surface area (Å²) in [5.41, 5.74) is 5.33. The van der Waals surface area contributed by atoms with E-state index in [0.717, 1.165) is 18.1 Å². The summed E-state index contributed by atoms with van der Waals surface area (Å²) in [7, 11) is 1.31. The van der Waals surface area contributed by atoms with Gasteiger partial charge in [0.25, 0.3) is 0 Å². The molecule has 0 spiro atoms.